The Morgan fingerprint density at radius 2 is 1.86 bits per heavy atom. The van der Waals surface area contributed by atoms with Gasteiger partial charge in [0.1, 0.15) is 5.69 Å². The van der Waals surface area contributed by atoms with E-state index in [2.05, 4.69) is 20.2 Å². The average molecular weight is 290 g/mol. The molecule has 3 heterocycles. The number of aryl methyl sites for hydroxylation is 1. The van der Waals surface area contributed by atoms with Crippen LogP contribution in [0.2, 0.25) is 0 Å². The largest absolute Gasteiger partial charge is 0.276 e. The van der Waals surface area contributed by atoms with Gasteiger partial charge in [-0.2, -0.15) is 10.2 Å². The standard InChI is InChI=1S/C16H14N6/c1-21-9-7-13(19-21)11-14-18-16-15(12-5-3-2-4-6-12)17-8-10-22(16)20-14/h2-10H,11H2,1H3. The van der Waals surface area contributed by atoms with Crippen LogP contribution >= 0.6 is 0 Å². The van der Waals surface area contributed by atoms with Gasteiger partial charge in [-0.25, -0.2) is 9.50 Å². The maximum absolute atomic E-state index is 4.63. The average Bonchev–Trinajstić information content (AvgIpc) is 3.13. The molecule has 0 atom stereocenters. The van der Waals surface area contributed by atoms with E-state index in [-0.39, 0.29) is 0 Å². The Morgan fingerprint density at radius 3 is 2.64 bits per heavy atom. The summed E-state index contributed by atoms with van der Waals surface area (Å²) in [6.45, 7) is 0. The molecule has 1 aromatic carbocycles. The minimum Gasteiger partial charge on any atom is -0.276 e. The van der Waals surface area contributed by atoms with E-state index in [0.717, 1.165) is 28.4 Å². The summed E-state index contributed by atoms with van der Waals surface area (Å²) in [7, 11) is 1.90. The van der Waals surface area contributed by atoms with E-state index < -0.39 is 0 Å². The van der Waals surface area contributed by atoms with Crippen molar-refractivity contribution in [2.75, 3.05) is 0 Å². The second-order valence-corrected chi connectivity index (χ2v) is 5.10. The molecule has 0 unspecified atom stereocenters. The summed E-state index contributed by atoms with van der Waals surface area (Å²) in [4.78, 5) is 9.09. The van der Waals surface area contributed by atoms with Gasteiger partial charge in [0.05, 0.1) is 12.1 Å². The maximum Gasteiger partial charge on any atom is 0.181 e. The monoisotopic (exact) mass is 290 g/mol. The molecule has 4 rings (SSSR count). The van der Waals surface area contributed by atoms with Crippen molar-refractivity contribution in [1.29, 1.82) is 0 Å². The third-order valence-electron chi connectivity index (χ3n) is 3.45. The molecule has 0 fully saturated rings. The molecule has 0 amide bonds. The van der Waals surface area contributed by atoms with Crippen molar-refractivity contribution in [3.05, 3.63) is 66.5 Å². The molecule has 6 nitrogen and oxygen atoms in total. The third kappa shape index (κ3) is 2.24. The molecule has 0 aliphatic heterocycles. The molecule has 0 spiro atoms. The van der Waals surface area contributed by atoms with Crippen LogP contribution in [0.25, 0.3) is 16.9 Å². The van der Waals surface area contributed by atoms with Crippen molar-refractivity contribution in [3.8, 4) is 11.3 Å². The molecule has 0 radical (unpaired) electrons. The summed E-state index contributed by atoms with van der Waals surface area (Å²) in [5, 5.41) is 8.89. The summed E-state index contributed by atoms with van der Waals surface area (Å²) in [6.07, 6.45) is 6.09. The van der Waals surface area contributed by atoms with E-state index in [0.29, 0.717) is 6.42 Å². The normalized spacial score (nSPS) is 11.1. The highest BCUT2D eigenvalue weighted by atomic mass is 15.3. The lowest BCUT2D eigenvalue weighted by Crippen LogP contribution is -1.95. The first-order chi connectivity index (χ1) is 10.8. The number of fused-ring (bicyclic) bond motifs is 1. The maximum atomic E-state index is 4.63. The van der Waals surface area contributed by atoms with E-state index in [9.17, 15) is 0 Å². The van der Waals surface area contributed by atoms with E-state index in [1.807, 2.05) is 55.8 Å². The number of benzene rings is 1. The first-order valence-corrected chi connectivity index (χ1v) is 7.04. The van der Waals surface area contributed by atoms with Crippen molar-refractivity contribution in [2.24, 2.45) is 7.05 Å². The predicted molar refractivity (Wildman–Crippen MR) is 82.2 cm³/mol. The Bertz CT molecular complexity index is 922. The number of nitrogens with zero attached hydrogens (tertiary/aromatic N) is 6. The first-order valence-electron chi connectivity index (χ1n) is 7.04. The first kappa shape index (κ1) is 12.7. The van der Waals surface area contributed by atoms with Crippen LogP contribution < -0.4 is 0 Å². The smallest absolute Gasteiger partial charge is 0.181 e. The van der Waals surface area contributed by atoms with Crippen LogP contribution in [-0.2, 0) is 13.5 Å². The van der Waals surface area contributed by atoms with E-state index in [1.54, 1.807) is 15.4 Å². The highest BCUT2D eigenvalue weighted by molar-refractivity contribution is 5.73. The van der Waals surface area contributed by atoms with Crippen molar-refractivity contribution >= 4 is 5.65 Å². The van der Waals surface area contributed by atoms with Crippen molar-refractivity contribution in [1.82, 2.24) is 29.4 Å². The molecule has 0 aliphatic rings. The number of aromatic nitrogens is 6. The summed E-state index contributed by atoms with van der Waals surface area (Å²) in [5.74, 6) is 0.740. The van der Waals surface area contributed by atoms with Crippen molar-refractivity contribution in [2.45, 2.75) is 6.42 Å². The van der Waals surface area contributed by atoms with E-state index >= 15 is 0 Å². The zero-order valence-corrected chi connectivity index (χ0v) is 12.1. The second-order valence-electron chi connectivity index (χ2n) is 5.10. The van der Waals surface area contributed by atoms with Gasteiger partial charge in [-0.15, -0.1) is 0 Å². The van der Waals surface area contributed by atoms with Gasteiger partial charge in [-0.1, -0.05) is 30.3 Å². The SMILES string of the molecule is Cn1ccc(Cc2nc3c(-c4ccccc4)nccn3n2)n1. The lowest BCUT2D eigenvalue weighted by molar-refractivity contribution is 0.743. The van der Waals surface area contributed by atoms with Gasteiger partial charge >= 0.3 is 0 Å². The fourth-order valence-electron chi connectivity index (χ4n) is 2.46. The zero-order chi connectivity index (χ0) is 14.9. The fourth-order valence-corrected chi connectivity index (χ4v) is 2.46. The predicted octanol–water partition coefficient (Wildman–Crippen LogP) is 2.12. The molecule has 0 bridgehead atoms. The third-order valence-corrected chi connectivity index (χ3v) is 3.45. The Hall–Kier alpha value is -3.02. The quantitative estimate of drug-likeness (QED) is 0.580. The van der Waals surface area contributed by atoms with Gasteiger partial charge in [0.25, 0.3) is 0 Å². The van der Waals surface area contributed by atoms with Crippen LogP contribution in [0.3, 0.4) is 0 Å². The summed E-state index contributed by atoms with van der Waals surface area (Å²) < 4.78 is 3.55. The van der Waals surface area contributed by atoms with Crippen molar-refractivity contribution in [3.63, 3.8) is 0 Å². The Balaban J connectivity index is 1.77. The van der Waals surface area contributed by atoms with Crippen LogP contribution in [0.5, 0.6) is 0 Å². The Kier molecular flexibility index (Phi) is 2.93. The minimum absolute atomic E-state index is 0.608. The van der Waals surface area contributed by atoms with Gasteiger partial charge in [-0.05, 0) is 6.07 Å². The molecule has 0 aliphatic carbocycles. The highest BCUT2D eigenvalue weighted by Gasteiger charge is 2.11. The van der Waals surface area contributed by atoms with Crippen LogP contribution in [0.4, 0.5) is 0 Å². The molecular weight excluding hydrogens is 276 g/mol. The summed E-state index contributed by atoms with van der Waals surface area (Å²) >= 11 is 0. The van der Waals surface area contributed by atoms with Crippen LogP contribution in [0, 0.1) is 0 Å². The minimum atomic E-state index is 0.608. The van der Waals surface area contributed by atoms with Crippen LogP contribution in [0.1, 0.15) is 11.5 Å². The molecule has 0 saturated carbocycles. The molecule has 6 heteroatoms. The lowest BCUT2D eigenvalue weighted by atomic mass is 10.1. The molecule has 0 N–H and O–H groups in total. The van der Waals surface area contributed by atoms with Gasteiger partial charge in [0, 0.05) is 31.2 Å². The summed E-state index contributed by atoms with van der Waals surface area (Å²) in [6, 6.07) is 12.0. The van der Waals surface area contributed by atoms with Crippen LogP contribution in [-0.4, -0.2) is 29.4 Å². The molecular formula is C16H14N6. The van der Waals surface area contributed by atoms with E-state index in [4.69, 9.17) is 0 Å². The Morgan fingerprint density at radius 1 is 1.00 bits per heavy atom. The zero-order valence-electron chi connectivity index (χ0n) is 12.1. The topological polar surface area (TPSA) is 60.9 Å². The van der Waals surface area contributed by atoms with Gasteiger partial charge < -0.3 is 0 Å². The van der Waals surface area contributed by atoms with E-state index in [1.165, 1.54) is 0 Å². The Labute approximate surface area is 127 Å². The van der Waals surface area contributed by atoms with Crippen LogP contribution in [0.15, 0.2) is 55.0 Å². The fraction of sp³-hybridized carbons (Fsp3) is 0.125. The number of rotatable bonds is 3. The highest BCUT2D eigenvalue weighted by Crippen LogP contribution is 2.20. The molecule has 22 heavy (non-hydrogen) atoms. The number of hydrogen-bond donors (Lipinski definition) is 0. The molecule has 3 aromatic heterocycles. The molecule has 108 valence electrons. The summed E-state index contributed by atoms with van der Waals surface area (Å²) in [5.41, 5.74) is 3.58. The van der Waals surface area contributed by atoms with Gasteiger partial charge in [0.2, 0.25) is 0 Å². The molecule has 4 aromatic rings. The lowest BCUT2D eigenvalue weighted by Gasteiger charge is -2.00. The van der Waals surface area contributed by atoms with Crippen molar-refractivity contribution < 1.29 is 0 Å². The molecule has 0 saturated heterocycles. The van der Waals surface area contributed by atoms with Gasteiger partial charge in [0.15, 0.2) is 11.5 Å². The second kappa shape index (κ2) is 5.07. The van der Waals surface area contributed by atoms with Gasteiger partial charge in [-0.3, -0.25) is 9.67 Å². The number of hydrogen-bond acceptors (Lipinski definition) is 4.